The van der Waals surface area contributed by atoms with Crippen molar-refractivity contribution in [1.82, 2.24) is 0 Å². The molecule has 1 unspecified atom stereocenters. The van der Waals surface area contributed by atoms with Gasteiger partial charge in [0.15, 0.2) is 0 Å². The highest BCUT2D eigenvalue weighted by Gasteiger charge is 2.14. The summed E-state index contributed by atoms with van der Waals surface area (Å²) in [6.45, 7) is 3.83. The third-order valence-electron chi connectivity index (χ3n) is 3.24. The molecule has 3 heteroatoms. The van der Waals surface area contributed by atoms with Crippen LogP contribution in [0.3, 0.4) is 0 Å². The molecule has 0 aliphatic rings. The monoisotopic (exact) mass is 254 g/mol. The van der Waals surface area contributed by atoms with E-state index in [9.17, 15) is 4.79 Å². The molecule has 0 radical (unpaired) electrons. The Morgan fingerprint density at radius 3 is 2.47 bits per heavy atom. The predicted molar refractivity (Wildman–Crippen MR) is 79.1 cm³/mol. The molecule has 2 rings (SSSR count). The van der Waals surface area contributed by atoms with Gasteiger partial charge in [-0.15, -0.1) is 0 Å². The molecule has 0 fully saturated rings. The molecular formula is C16H18N2O. The third kappa shape index (κ3) is 3.13. The first-order valence-electron chi connectivity index (χ1n) is 6.30. The van der Waals surface area contributed by atoms with Crippen LogP contribution in [0.1, 0.15) is 24.0 Å². The van der Waals surface area contributed by atoms with E-state index < -0.39 is 0 Å². The number of anilines is 2. The molecule has 1 amide bonds. The minimum absolute atomic E-state index is 0.0329. The van der Waals surface area contributed by atoms with Gasteiger partial charge in [-0.05, 0) is 37.1 Å². The lowest BCUT2D eigenvalue weighted by Gasteiger charge is -2.13. The lowest BCUT2D eigenvalue weighted by atomic mass is 10.0. The molecule has 3 nitrogen and oxygen atoms in total. The van der Waals surface area contributed by atoms with Crippen molar-refractivity contribution in [2.45, 2.75) is 19.8 Å². The second-order valence-corrected chi connectivity index (χ2v) is 4.69. The number of nitrogens with one attached hydrogen (secondary N) is 1. The summed E-state index contributed by atoms with van der Waals surface area (Å²) in [5.41, 5.74) is 9.26. The van der Waals surface area contributed by atoms with Gasteiger partial charge in [0.2, 0.25) is 5.91 Å². The summed E-state index contributed by atoms with van der Waals surface area (Å²) in [7, 11) is 0. The summed E-state index contributed by atoms with van der Waals surface area (Å²) in [5, 5.41) is 2.89. The summed E-state index contributed by atoms with van der Waals surface area (Å²) < 4.78 is 0. The number of aryl methyl sites for hydroxylation is 1. The van der Waals surface area contributed by atoms with Crippen LogP contribution in [0.25, 0.3) is 0 Å². The number of hydrogen-bond donors (Lipinski definition) is 2. The second kappa shape index (κ2) is 5.57. The Balaban J connectivity index is 2.10. The minimum Gasteiger partial charge on any atom is -0.398 e. The highest BCUT2D eigenvalue weighted by Crippen LogP contribution is 2.20. The summed E-state index contributed by atoms with van der Waals surface area (Å²) in [6.07, 6.45) is 0. The lowest BCUT2D eigenvalue weighted by Crippen LogP contribution is -2.18. The summed E-state index contributed by atoms with van der Waals surface area (Å²) in [6, 6.07) is 15.3. The van der Waals surface area contributed by atoms with Crippen LogP contribution in [0.5, 0.6) is 0 Å². The van der Waals surface area contributed by atoms with Crippen molar-refractivity contribution < 1.29 is 4.79 Å². The van der Waals surface area contributed by atoms with Crippen LogP contribution in [0.15, 0.2) is 48.5 Å². The number of rotatable bonds is 3. The SMILES string of the molecule is Cc1ccc(NC(=O)C(C)c2ccccc2)cc1N. The van der Waals surface area contributed by atoms with Crippen LogP contribution in [0.4, 0.5) is 11.4 Å². The van der Waals surface area contributed by atoms with E-state index in [-0.39, 0.29) is 11.8 Å². The largest absolute Gasteiger partial charge is 0.398 e. The fraction of sp³-hybridized carbons (Fsp3) is 0.188. The van der Waals surface area contributed by atoms with E-state index in [2.05, 4.69) is 5.32 Å². The molecule has 0 aliphatic carbocycles. The Labute approximate surface area is 113 Å². The average Bonchev–Trinajstić information content (AvgIpc) is 2.43. The van der Waals surface area contributed by atoms with Crippen LogP contribution < -0.4 is 11.1 Å². The van der Waals surface area contributed by atoms with Crippen LogP contribution in [0.2, 0.25) is 0 Å². The highest BCUT2D eigenvalue weighted by molar-refractivity contribution is 5.96. The Kier molecular flexibility index (Phi) is 3.85. The van der Waals surface area contributed by atoms with Gasteiger partial charge in [0.25, 0.3) is 0 Å². The molecule has 98 valence electrons. The first-order valence-corrected chi connectivity index (χ1v) is 6.30. The van der Waals surface area contributed by atoms with Crippen molar-refractivity contribution >= 4 is 17.3 Å². The second-order valence-electron chi connectivity index (χ2n) is 4.69. The molecule has 2 aromatic rings. The topological polar surface area (TPSA) is 55.1 Å². The molecule has 0 aromatic heterocycles. The molecule has 0 saturated carbocycles. The maximum atomic E-state index is 12.2. The van der Waals surface area contributed by atoms with Crippen LogP contribution >= 0.6 is 0 Å². The van der Waals surface area contributed by atoms with Crippen LogP contribution in [-0.2, 0) is 4.79 Å². The molecule has 3 N–H and O–H groups in total. The molecule has 19 heavy (non-hydrogen) atoms. The Bertz CT molecular complexity index is 579. The highest BCUT2D eigenvalue weighted by atomic mass is 16.1. The first kappa shape index (κ1) is 13.1. The number of carbonyl (C=O) groups is 1. The lowest BCUT2D eigenvalue weighted by molar-refractivity contribution is -0.117. The number of nitrogen functional groups attached to an aromatic ring is 1. The molecule has 0 bridgehead atoms. The van der Waals surface area contributed by atoms with Crippen molar-refractivity contribution in [2.75, 3.05) is 11.1 Å². The molecule has 0 spiro atoms. The maximum absolute atomic E-state index is 12.2. The van der Waals surface area contributed by atoms with Gasteiger partial charge in [0.05, 0.1) is 5.92 Å². The number of carbonyl (C=O) groups excluding carboxylic acids is 1. The molecule has 1 atom stereocenters. The summed E-state index contributed by atoms with van der Waals surface area (Å²) in [4.78, 5) is 12.2. The van der Waals surface area contributed by atoms with E-state index in [1.165, 1.54) is 0 Å². The van der Waals surface area contributed by atoms with Crippen molar-refractivity contribution in [2.24, 2.45) is 0 Å². The summed E-state index contributed by atoms with van der Waals surface area (Å²) >= 11 is 0. The van der Waals surface area contributed by atoms with Gasteiger partial charge in [0.1, 0.15) is 0 Å². The number of amides is 1. The van der Waals surface area contributed by atoms with Gasteiger partial charge in [0, 0.05) is 11.4 Å². The number of hydrogen-bond acceptors (Lipinski definition) is 2. The Hall–Kier alpha value is -2.29. The van der Waals surface area contributed by atoms with Gasteiger partial charge in [-0.1, -0.05) is 36.4 Å². The average molecular weight is 254 g/mol. The fourth-order valence-corrected chi connectivity index (χ4v) is 1.86. The Morgan fingerprint density at radius 2 is 1.84 bits per heavy atom. The predicted octanol–water partition coefficient (Wildman–Crippen LogP) is 3.32. The molecule has 2 aromatic carbocycles. The van der Waals surface area contributed by atoms with E-state index in [0.717, 1.165) is 16.8 Å². The van der Waals surface area contributed by atoms with Crippen molar-refractivity contribution in [3.63, 3.8) is 0 Å². The fourth-order valence-electron chi connectivity index (χ4n) is 1.86. The minimum atomic E-state index is -0.191. The van der Waals surface area contributed by atoms with Crippen molar-refractivity contribution in [3.05, 3.63) is 59.7 Å². The van der Waals surface area contributed by atoms with Crippen molar-refractivity contribution in [1.29, 1.82) is 0 Å². The number of benzene rings is 2. The van der Waals surface area contributed by atoms with Gasteiger partial charge in [-0.3, -0.25) is 4.79 Å². The summed E-state index contributed by atoms with van der Waals surface area (Å²) in [5.74, 6) is -0.224. The van der Waals surface area contributed by atoms with E-state index in [1.54, 1.807) is 6.07 Å². The van der Waals surface area contributed by atoms with Crippen LogP contribution in [0, 0.1) is 6.92 Å². The van der Waals surface area contributed by atoms with Gasteiger partial charge < -0.3 is 11.1 Å². The normalized spacial score (nSPS) is 11.9. The molecule has 0 heterocycles. The smallest absolute Gasteiger partial charge is 0.231 e. The maximum Gasteiger partial charge on any atom is 0.231 e. The zero-order valence-electron chi connectivity index (χ0n) is 11.2. The van der Waals surface area contributed by atoms with E-state index in [4.69, 9.17) is 5.73 Å². The molecule has 0 aliphatic heterocycles. The standard InChI is InChI=1S/C16H18N2O/c1-11-8-9-14(10-15(11)17)18-16(19)12(2)13-6-4-3-5-7-13/h3-10,12H,17H2,1-2H3,(H,18,19). The Morgan fingerprint density at radius 1 is 1.16 bits per heavy atom. The van der Waals surface area contributed by atoms with E-state index in [0.29, 0.717) is 5.69 Å². The zero-order valence-corrected chi connectivity index (χ0v) is 11.2. The zero-order chi connectivity index (χ0) is 13.8. The van der Waals surface area contributed by atoms with Crippen LogP contribution in [-0.4, -0.2) is 5.91 Å². The van der Waals surface area contributed by atoms with Gasteiger partial charge in [-0.25, -0.2) is 0 Å². The van der Waals surface area contributed by atoms with E-state index in [1.807, 2.05) is 56.3 Å². The quantitative estimate of drug-likeness (QED) is 0.825. The van der Waals surface area contributed by atoms with Gasteiger partial charge >= 0.3 is 0 Å². The van der Waals surface area contributed by atoms with Crippen molar-refractivity contribution in [3.8, 4) is 0 Å². The molecule has 0 saturated heterocycles. The third-order valence-corrected chi connectivity index (χ3v) is 3.24. The van der Waals surface area contributed by atoms with Gasteiger partial charge in [-0.2, -0.15) is 0 Å². The molecular weight excluding hydrogens is 236 g/mol. The first-order chi connectivity index (χ1) is 9.08. The van der Waals surface area contributed by atoms with E-state index >= 15 is 0 Å². The number of nitrogens with two attached hydrogens (primary N) is 1.